The number of H-pyrrole nitrogens is 1. The number of carbonyl (C=O) groups is 8. The van der Waals surface area contributed by atoms with Gasteiger partial charge < -0.3 is 74.9 Å². The Hall–Kier alpha value is -6.66. The van der Waals surface area contributed by atoms with E-state index >= 15 is 0 Å². The van der Waals surface area contributed by atoms with Crippen LogP contribution < -0.4 is 59.7 Å². The molecule has 17 N–H and O–H groups in total. The summed E-state index contributed by atoms with van der Waals surface area (Å²) in [5.41, 5.74) is 17.7. The quantitative estimate of drug-likeness (QED) is 0.0236. The Labute approximate surface area is 453 Å². The van der Waals surface area contributed by atoms with E-state index in [9.17, 15) is 48.6 Å². The third kappa shape index (κ3) is 30.6. The van der Waals surface area contributed by atoms with E-state index in [1.807, 2.05) is 6.92 Å². The van der Waals surface area contributed by atoms with Crippen LogP contribution in [0.3, 0.4) is 0 Å². The molecule has 432 valence electrons. The molecule has 0 saturated heterocycles. The zero-order valence-electron chi connectivity index (χ0n) is 45.4. The van der Waals surface area contributed by atoms with Gasteiger partial charge in [0.1, 0.15) is 30.2 Å². The molecule has 0 fully saturated rings. The second kappa shape index (κ2) is 40.6. The van der Waals surface area contributed by atoms with Crippen LogP contribution in [0.5, 0.6) is 0 Å². The standard InChI is InChI=1S/C53H90N14O10/c1-3-4-5-6-7-8-9-10-11-12-13-14-18-26-45(70)64-43(34-68)48(73)60-33-47(72)65-44(35-69)49(74)59-32-46(71)63-42(30-39-31-57-36-61-39)52(77)67-41(29-38-23-16-15-17-24-38)51(76)66-40(25-21-28-58-53(55)56)50(75)62-37(2)22-19-20-27-54/h15-17,23-24,31,36-37,40-44,68-69H,3-14,18-22,25-30,32-35,54H2,1-2H3,(H,57,61)(H,59,74)(H,60,73)(H,62,75)(H,63,71)(H,64,70)(H,65,72)(H,66,76)(H,67,77)(H4,55,56,58)/t37-,40+,41+,42+,43+,44+/m1/s1. The van der Waals surface area contributed by atoms with Crippen LogP contribution >= 0.6 is 0 Å². The molecule has 24 nitrogen and oxygen atoms in total. The number of aliphatic hydroxyl groups excluding tert-OH is 2. The highest BCUT2D eigenvalue weighted by molar-refractivity contribution is 5.96. The number of aliphatic hydroxyl groups is 2. The number of nitrogens with zero attached hydrogens (tertiary/aromatic N) is 2. The van der Waals surface area contributed by atoms with Gasteiger partial charge in [0, 0.05) is 43.7 Å². The van der Waals surface area contributed by atoms with Gasteiger partial charge in [0.05, 0.1) is 32.6 Å². The number of aromatic nitrogens is 2. The number of imidazole rings is 1. The number of aromatic amines is 1. The van der Waals surface area contributed by atoms with E-state index in [0.29, 0.717) is 37.1 Å². The lowest BCUT2D eigenvalue weighted by Crippen LogP contribution is -2.59. The first-order chi connectivity index (χ1) is 37.1. The van der Waals surface area contributed by atoms with Crippen molar-refractivity contribution in [2.75, 3.05) is 39.4 Å². The van der Waals surface area contributed by atoms with Crippen LogP contribution in [0, 0.1) is 0 Å². The number of hydrogen-bond donors (Lipinski definition) is 14. The zero-order valence-corrected chi connectivity index (χ0v) is 45.4. The van der Waals surface area contributed by atoms with E-state index in [-0.39, 0.29) is 44.2 Å². The number of guanidine groups is 1. The Morgan fingerprint density at radius 1 is 0.571 bits per heavy atom. The lowest BCUT2D eigenvalue weighted by Gasteiger charge is -2.26. The molecule has 2 rings (SSSR count). The van der Waals surface area contributed by atoms with Crippen molar-refractivity contribution < 1.29 is 48.6 Å². The number of nitrogens with two attached hydrogens (primary N) is 3. The van der Waals surface area contributed by atoms with Crippen molar-refractivity contribution in [1.29, 1.82) is 0 Å². The topological polar surface area (TPSA) is 392 Å². The summed E-state index contributed by atoms with van der Waals surface area (Å²) in [5.74, 6) is -6.06. The van der Waals surface area contributed by atoms with E-state index < -0.39 is 104 Å². The highest BCUT2D eigenvalue weighted by Crippen LogP contribution is 2.14. The smallest absolute Gasteiger partial charge is 0.245 e. The van der Waals surface area contributed by atoms with Crippen molar-refractivity contribution in [2.45, 2.75) is 185 Å². The lowest BCUT2D eigenvalue weighted by molar-refractivity contribution is -0.134. The Bertz CT molecular complexity index is 2060. The van der Waals surface area contributed by atoms with Crippen molar-refractivity contribution in [3.63, 3.8) is 0 Å². The number of amides is 8. The maximum atomic E-state index is 14.2. The van der Waals surface area contributed by atoms with Crippen LogP contribution in [0.15, 0.2) is 47.8 Å². The monoisotopic (exact) mass is 1080 g/mol. The summed E-state index contributed by atoms with van der Waals surface area (Å²) < 4.78 is 0. The minimum atomic E-state index is -1.57. The fourth-order valence-electron chi connectivity index (χ4n) is 8.24. The van der Waals surface area contributed by atoms with Crippen molar-refractivity contribution >= 4 is 53.2 Å². The highest BCUT2D eigenvalue weighted by Gasteiger charge is 2.31. The molecule has 0 radical (unpaired) electrons. The van der Waals surface area contributed by atoms with E-state index in [1.165, 1.54) is 63.9 Å². The number of carbonyl (C=O) groups excluding carboxylic acids is 8. The fraction of sp³-hybridized carbons (Fsp3) is 0.660. The summed E-state index contributed by atoms with van der Waals surface area (Å²) in [6.45, 7) is 1.74. The van der Waals surface area contributed by atoms with Crippen molar-refractivity contribution in [1.82, 2.24) is 52.5 Å². The van der Waals surface area contributed by atoms with Crippen LogP contribution in [-0.4, -0.2) is 149 Å². The molecule has 24 heteroatoms. The molecule has 1 aromatic heterocycles. The normalized spacial score (nSPS) is 13.3. The third-order valence-electron chi connectivity index (χ3n) is 12.6. The van der Waals surface area contributed by atoms with Gasteiger partial charge >= 0.3 is 0 Å². The molecule has 8 amide bonds. The summed E-state index contributed by atoms with van der Waals surface area (Å²) in [4.78, 5) is 117. The number of nitrogens with one attached hydrogen (secondary N) is 9. The number of aliphatic imine (C=N–C) groups is 1. The fourth-order valence-corrected chi connectivity index (χ4v) is 8.24. The summed E-state index contributed by atoms with van der Waals surface area (Å²) in [7, 11) is 0. The predicted molar refractivity (Wildman–Crippen MR) is 293 cm³/mol. The van der Waals surface area contributed by atoms with Crippen molar-refractivity contribution in [3.05, 3.63) is 54.1 Å². The van der Waals surface area contributed by atoms with Crippen molar-refractivity contribution in [2.24, 2.45) is 22.2 Å². The highest BCUT2D eigenvalue weighted by atomic mass is 16.3. The van der Waals surface area contributed by atoms with Crippen molar-refractivity contribution in [3.8, 4) is 0 Å². The average Bonchev–Trinajstić information content (AvgIpc) is 3.93. The molecule has 0 aliphatic heterocycles. The van der Waals surface area contributed by atoms with Gasteiger partial charge in [0.15, 0.2) is 5.96 Å². The lowest BCUT2D eigenvalue weighted by atomic mass is 10.0. The second-order valence-corrected chi connectivity index (χ2v) is 19.4. The van der Waals surface area contributed by atoms with Crippen LogP contribution in [0.2, 0.25) is 0 Å². The molecule has 0 spiro atoms. The number of unbranched alkanes of at least 4 members (excludes halogenated alkanes) is 13. The van der Waals surface area contributed by atoms with Gasteiger partial charge in [-0.1, -0.05) is 121 Å². The number of hydrogen-bond acceptors (Lipinski definition) is 13. The summed E-state index contributed by atoms with van der Waals surface area (Å²) in [5, 5.41) is 40.1. The molecule has 0 bridgehead atoms. The third-order valence-corrected chi connectivity index (χ3v) is 12.6. The summed E-state index contributed by atoms with van der Waals surface area (Å²) in [6, 6.07) is 2.06. The Kier molecular flexibility index (Phi) is 35.0. The average molecular weight is 1080 g/mol. The first kappa shape index (κ1) is 66.5. The van der Waals surface area contributed by atoms with E-state index in [0.717, 1.165) is 38.5 Å². The maximum Gasteiger partial charge on any atom is 0.245 e. The maximum absolute atomic E-state index is 14.2. The number of benzene rings is 1. The van der Waals surface area contributed by atoms with Gasteiger partial charge in [-0.3, -0.25) is 43.3 Å². The van der Waals surface area contributed by atoms with Gasteiger partial charge in [-0.05, 0) is 51.1 Å². The van der Waals surface area contributed by atoms with Gasteiger partial charge in [0.25, 0.3) is 0 Å². The second-order valence-electron chi connectivity index (χ2n) is 19.4. The molecule has 1 aromatic carbocycles. The first-order valence-corrected chi connectivity index (χ1v) is 27.4. The minimum absolute atomic E-state index is 0.00683. The molecule has 0 unspecified atom stereocenters. The van der Waals surface area contributed by atoms with Gasteiger partial charge in [-0.25, -0.2) is 4.98 Å². The summed E-state index contributed by atoms with van der Waals surface area (Å²) in [6.07, 6.45) is 20.5. The Morgan fingerprint density at radius 2 is 1.08 bits per heavy atom. The minimum Gasteiger partial charge on any atom is -0.394 e. The molecular formula is C53H90N14O10. The van der Waals surface area contributed by atoms with Crippen LogP contribution in [-0.2, 0) is 51.2 Å². The van der Waals surface area contributed by atoms with Crippen LogP contribution in [0.1, 0.15) is 147 Å². The molecule has 6 atom stereocenters. The molecule has 1 heterocycles. The van der Waals surface area contributed by atoms with E-state index in [4.69, 9.17) is 17.2 Å². The van der Waals surface area contributed by atoms with E-state index in [2.05, 4.69) is 64.4 Å². The Morgan fingerprint density at radius 3 is 1.60 bits per heavy atom. The summed E-state index contributed by atoms with van der Waals surface area (Å²) >= 11 is 0. The molecule has 0 aliphatic rings. The van der Waals surface area contributed by atoms with Gasteiger partial charge in [0.2, 0.25) is 47.3 Å². The molecule has 77 heavy (non-hydrogen) atoms. The SMILES string of the molecule is CCCCCCCCCCCCCCCC(=O)N[C@@H](CO)C(=O)NCC(=O)N[C@@H](CO)C(=O)NCC(=O)N[C@@H](Cc1cnc[nH]1)C(=O)N[C@@H](Cc1ccccc1)C(=O)N[C@@H](CCCN=C(N)N)C(=O)N[C@H](C)CCCCN. The van der Waals surface area contributed by atoms with Crippen LogP contribution in [0.4, 0.5) is 0 Å². The van der Waals surface area contributed by atoms with Gasteiger partial charge in [-0.2, -0.15) is 0 Å². The van der Waals surface area contributed by atoms with Gasteiger partial charge in [-0.15, -0.1) is 0 Å². The number of rotatable bonds is 43. The molecular weight excluding hydrogens is 993 g/mol. The molecule has 2 aromatic rings. The first-order valence-electron chi connectivity index (χ1n) is 27.4. The van der Waals surface area contributed by atoms with Crippen LogP contribution in [0.25, 0.3) is 0 Å². The zero-order chi connectivity index (χ0) is 56.6. The largest absolute Gasteiger partial charge is 0.394 e. The molecule has 0 aliphatic carbocycles. The van der Waals surface area contributed by atoms with E-state index in [1.54, 1.807) is 30.3 Å². The Balaban J connectivity index is 2.00. The predicted octanol–water partition coefficient (Wildman–Crippen LogP) is 0.00450. The molecule has 0 saturated carbocycles.